The molecule has 0 amide bonds. The third kappa shape index (κ3) is 1.10. The Balaban J connectivity index is 3.06. The van der Waals surface area contributed by atoms with E-state index in [1.807, 2.05) is 13.8 Å². The third-order valence-corrected chi connectivity index (χ3v) is 4.96. The van der Waals surface area contributed by atoms with Crippen molar-refractivity contribution in [1.29, 1.82) is 0 Å². The molecule has 3 nitrogen and oxygen atoms in total. The summed E-state index contributed by atoms with van der Waals surface area (Å²) in [5.41, 5.74) is 0. The standard InChI is InChI=1S/C6H12BNO2S/c1-4-5(2)8(7)11(9,10)6(4)3/h4-6H,1-3H3. The van der Waals surface area contributed by atoms with E-state index in [1.165, 1.54) is 0 Å². The van der Waals surface area contributed by atoms with Gasteiger partial charge < -0.3 is 0 Å². The summed E-state index contributed by atoms with van der Waals surface area (Å²) in [6.45, 7) is 5.43. The molecule has 1 fully saturated rings. The SMILES string of the molecule is [B]N1C(C)C(C)C(C)S1(=O)=O. The quantitative estimate of drug-likeness (QED) is 0.488. The maximum absolute atomic E-state index is 11.3. The van der Waals surface area contributed by atoms with E-state index < -0.39 is 10.0 Å². The zero-order valence-electron chi connectivity index (χ0n) is 6.98. The number of rotatable bonds is 0. The summed E-state index contributed by atoms with van der Waals surface area (Å²) in [6, 6.07) is -0.0741. The number of hydrogen-bond donors (Lipinski definition) is 0. The molecule has 0 aliphatic carbocycles. The van der Waals surface area contributed by atoms with Crippen LogP contribution in [0.15, 0.2) is 0 Å². The average Bonchev–Trinajstić information content (AvgIpc) is 2.06. The van der Waals surface area contributed by atoms with Gasteiger partial charge >= 0.3 is 0 Å². The van der Waals surface area contributed by atoms with Crippen molar-refractivity contribution in [3.8, 4) is 0 Å². The summed E-state index contributed by atoms with van der Waals surface area (Å²) in [5.74, 6) is 0.116. The van der Waals surface area contributed by atoms with Crippen LogP contribution in [0.4, 0.5) is 0 Å². The Labute approximate surface area is 69.3 Å². The fourth-order valence-corrected chi connectivity index (χ4v) is 3.13. The second-order valence-corrected chi connectivity index (χ2v) is 5.37. The van der Waals surface area contributed by atoms with Crippen LogP contribution in [-0.2, 0) is 10.0 Å². The highest BCUT2D eigenvalue weighted by Gasteiger charge is 2.43. The molecule has 0 aromatic rings. The second-order valence-electron chi connectivity index (χ2n) is 3.18. The number of sulfonamides is 1. The molecule has 0 bridgehead atoms. The summed E-state index contributed by atoms with van der Waals surface area (Å²) < 4.78 is 23.6. The van der Waals surface area contributed by atoms with Crippen LogP contribution in [0.5, 0.6) is 0 Å². The summed E-state index contributed by atoms with van der Waals surface area (Å²) >= 11 is 0. The van der Waals surface area contributed by atoms with Gasteiger partial charge in [-0.25, -0.2) is 8.42 Å². The van der Waals surface area contributed by atoms with Crippen LogP contribution >= 0.6 is 0 Å². The smallest absolute Gasteiger partial charge is 0.206 e. The van der Waals surface area contributed by atoms with Crippen molar-refractivity contribution in [3.63, 3.8) is 0 Å². The number of nitrogens with zero attached hydrogens (tertiary/aromatic N) is 1. The molecule has 0 saturated carbocycles. The molecule has 1 aliphatic rings. The molecule has 11 heavy (non-hydrogen) atoms. The van der Waals surface area contributed by atoms with Crippen molar-refractivity contribution < 1.29 is 8.42 Å². The molecule has 2 radical (unpaired) electrons. The molecular formula is C6H12BNO2S. The van der Waals surface area contributed by atoms with E-state index in [0.717, 1.165) is 4.22 Å². The fraction of sp³-hybridized carbons (Fsp3) is 1.00. The Bertz CT molecular complexity index is 231. The van der Waals surface area contributed by atoms with Gasteiger partial charge in [0.2, 0.25) is 18.0 Å². The second kappa shape index (κ2) is 2.49. The van der Waals surface area contributed by atoms with Crippen molar-refractivity contribution >= 4 is 18.0 Å². The molecular weight excluding hydrogens is 161 g/mol. The minimum absolute atomic E-state index is 0.0741. The first-order valence-electron chi connectivity index (χ1n) is 3.67. The predicted octanol–water partition coefficient (Wildman–Crippen LogP) is 0.128. The first-order valence-corrected chi connectivity index (χ1v) is 5.17. The van der Waals surface area contributed by atoms with Gasteiger partial charge in [0.15, 0.2) is 0 Å². The van der Waals surface area contributed by atoms with Crippen LogP contribution in [0.2, 0.25) is 0 Å². The van der Waals surface area contributed by atoms with Crippen LogP contribution < -0.4 is 0 Å². The van der Waals surface area contributed by atoms with Gasteiger partial charge in [-0.3, -0.25) is 4.22 Å². The van der Waals surface area contributed by atoms with E-state index in [0.29, 0.717) is 0 Å². The Morgan fingerprint density at radius 2 is 1.73 bits per heavy atom. The van der Waals surface area contributed by atoms with Crippen LogP contribution in [0.3, 0.4) is 0 Å². The zero-order chi connectivity index (χ0) is 8.81. The molecule has 0 aromatic heterocycles. The van der Waals surface area contributed by atoms with E-state index >= 15 is 0 Å². The molecule has 3 unspecified atom stereocenters. The molecule has 5 heteroatoms. The Morgan fingerprint density at radius 1 is 1.27 bits per heavy atom. The van der Waals surface area contributed by atoms with Gasteiger partial charge in [-0.05, 0) is 19.8 Å². The van der Waals surface area contributed by atoms with Crippen LogP contribution in [0, 0.1) is 5.92 Å². The van der Waals surface area contributed by atoms with Crippen molar-refractivity contribution in [3.05, 3.63) is 0 Å². The highest BCUT2D eigenvalue weighted by molar-refractivity contribution is 7.90. The maximum atomic E-state index is 11.3. The van der Waals surface area contributed by atoms with Gasteiger partial charge in [-0.1, -0.05) is 6.92 Å². The molecule has 1 saturated heterocycles. The van der Waals surface area contributed by atoms with E-state index in [4.69, 9.17) is 7.98 Å². The zero-order valence-corrected chi connectivity index (χ0v) is 7.80. The fourth-order valence-electron chi connectivity index (χ4n) is 1.32. The van der Waals surface area contributed by atoms with Gasteiger partial charge in [-0.15, -0.1) is 0 Å². The average molecular weight is 173 g/mol. The molecule has 3 atom stereocenters. The van der Waals surface area contributed by atoms with Crippen LogP contribution in [0.25, 0.3) is 0 Å². The van der Waals surface area contributed by atoms with Crippen LogP contribution in [0.1, 0.15) is 20.8 Å². The van der Waals surface area contributed by atoms with Crippen molar-refractivity contribution in [1.82, 2.24) is 4.22 Å². The Morgan fingerprint density at radius 3 is 1.82 bits per heavy atom. The Kier molecular flexibility index (Phi) is 2.05. The lowest BCUT2D eigenvalue weighted by molar-refractivity contribution is 0.415. The largest absolute Gasteiger partial charge is 0.253 e. The Hall–Kier alpha value is -0.0251. The van der Waals surface area contributed by atoms with E-state index in [-0.39, 0.29) is 17.2 Å². The highest BCUT2D eigenvalue weighted by Crippen LogP contribution is 2.30. The molecule has 62 valence electrons. The van der Waals surface area contributed by atoms with Gasteiger partial charge in [0.05, 0.1) is 5.25 Å². The molecule has 0 spiro atoms. The molecule has 1 heterocycles. The minimum Gasteiger partial charge on any atom is -0.253 e. The van der Waals surface area contributed by atoms with Gasteiger partial charge in [0.25, 0.3) is 0 Å². The van der Waals surface area contributed by atoms with Crippen molar-refractivity contribution in [2.75, 3.05) is 0 Å². The van der Waals surface area contributed by atoms with Gasteiger partial charge in [0.1, 0.15) is 0 Å². The maximum Gasteiger partial charge on any atom is 0.206 e. The summed E-state index contributed by atoms with van der Waals surface area (Å²) in [6.07, 6.45) is 0. The third-order valence-electron chi connectivity index (χ3n) is 2.67. The molecule has 0 aromatic carbocycles. The summed E-state index contributed by atoms with van der Waals surface area (Å²) in [7, 11) is 2.19. The van der Waals surface area contributed by atoms with Crippen molar-refractivity contribution in [2.24, 2.45) is 5.92 Å². The highest BCUT2D eigenvalue weighted by atomic mass is 32.2. The predicted molar refractivity (Wildman–Crippen MR) is 44.6 cm³/mol. The molecule has 1 aliphatic heterocycles. The van der Waals surface area contributed by atoms with Gasteiger partial charge in [-0.2, -0.15) is 0 Å². The van der Waals surface area contributed by atoms with E-state index in [1.54, 1.807) is 6.92 Å². The normalized spacial score (nSPS) is 44.5. The van der Waals surface area contributed by atoms with E-state index in [2.05, 4.69) is 0 Å². The molecule has 1 rings (SSSR count). The number of hydrogen-bond acceptors (Lipinski definition) is 2. The van der Waals surface area contributed by atoms with Gasteiger partial charge in [0, 0.05) is 6.04 Å². The summed E-state index contributed by atoms with van der Waals surface area (Å²) in [5, 5.41) is -0.345. The lowest BCUT2D eigenvalue weighted by atomic mass is 9.99. The first kappa shape index (κ1) is 9.07. The summed E-state index contributed by atoms with van der Waals surface area (Å²) in [4.78, 5) is 0. The van der Waals surface area contributed by atoms with Crippen LogP contribution in [-0.4, -0.2) is 31.9 Å². The van der Waals surface area contributed by atoms with E-state index in [9.17, 15) is 8.42 Å². The lowest BCUT2D eigenvalue weighted by Crippen LogP contribution is -2.30. The first-order chi connectivity index (χ1) is 4.89. The molecule has 0 N–H and O–H groups in total. The minimum atomic E-state index is -3.19. The lowest BCUT2D eigenvalue weighted by Gasteiger charge is -2.15. The topological polar surface area (TPSA) is 37.4 Å². The monoisotopic (exact) mass is 173 g/mol. The van der Waals surface area contributed by atoms with Crippen molar-refractivity contribution in [2.45, 2.75) is 32.1 Å².